The van der Waals surface area contributed by atoms with Gasteiger partial charge in [-0.2, -0.15) is 0 Å². The third kappa shape index (κ3) is 5.16. The van der Waals surface area contributed by atoms with E-state index in [1.165, 1.54) is 11.8 Å². The Hall–Kier alpha value is -1.36. The molecule has 0 saturated carbocycles. The van der Waals surface area contributed by atoms with Crippen LogP contribution >= 0.6 is 55.0 Å². The molecule has 6 nitrogen and oxygen atoms in total. The molecule has 0 fully saturated rings. The summed E-state index contributed by atoms with van der Waals surface area (Å²) in [5, 5.41) is 12.2. The second kappa shape index (κ2) is 9.91. The van der Waals surface area contributed by atoms with Gasteiger partial charge in [0, 0.05) is 16.7 Å². The summed E-state index contributed by atoms with van der Waals surface area (Å²) in [5.41, 5.74) is 0.736. The van der Waals surface area contributed by atoms with Crippen LogP contribution in [0.15, 0.2) is 43.7 Å². The Bertz CT molecular complexity index is 938. The Kier molecular flexibility index (Phi) is 7.55. The van der Waals surface area contributed by atoms with E-state index < -0.39 is 0 Å². The molecular weight excluding hydrogens is 528 g/mol. The van der Waals surface area contributed by atoms with Gasteiger partial charge in [0.2, 0.25) is 5.91 Å². The number of rotatable bonds is 8. The normalized spacial score (nSPS) is 10.9. The molecule has 1 amide bonds. The van der Waals surface area contributed by atoms with Crippen LogP contribution in [0.2, 0.25) is 0 Å². The minimum Gasteiger partial charge on any atom is -0.494 e. The maximum absolute atomic E-state index is 12.3. The van der Waals surface area contributed by atoms with Crippen molar-refractivity contribution in [3.8, 4) is 16.5 Å². The average Bonchev–Trinajstić information content (AvgIpc) is 3.24. The number of hydrogen-bond acceptors (Lipinski definition) is 6. The van der Waals surface area contributed by atoms with E-state index in [1.54, 1.807) is 11.3 Å². The molecule has 0 aliphatic carbocycles. The summed E-state index contributed by atoms with van der Waals surface area (Å²) in [4.78, 5) is 13.3. The fraction of sp³-hybridized carbons (Fsp3) is 0.278. The molecule has 0 unspecified atom stereocenters. The van der Waals surface area contributed by atoms with Crippen LogP contribution in [0.5, 0.6) is 5.75 Å². The number of thiophene rings is 1. The van der Waals surface area contributed by atoms with Crippen molar-refractivity contribution in [3.05, 3.63) is 38.6 Å². The lowest BCUT2D eigenvalue weighted by atomic mass is 10.3. The smallest absolute Gasteiger partial charge is 0.234 e. The molecule has 2 aromatic heterocycles. The first-order valence-corrected chi connectivity index (χ1v) is 11.9. The van der Waals surface area contributed by atoms with E-state index in [2.05, 4.69) is 47.4 Å². The molecular formula is C18H18Br2N4O2S2. The third-order valence-electron chi connectivity index (χ3n) is 3.68. The zero-order valence-electron chi connectivity index (χ0n) is 15.2. The Balaban J connectivity index is 1.63. The van der Waals surface area contributed by atoms with Gasteiger partial charge in [0.25, 0.3) is 0 Å². The average molecular weight is 546 g/mol. The summed E-state index contributed by atoms with van der Waals surface area (Å²) < 4.78 is 9.42. The number of amides is 1. The standard InChI is InChI=1S/C18H18Br2N4O2S2/c1-3-24-17(14-9-13(19)16(20)28-14)22-23-18(24)27-10-15(25)21-11-5-7-12(8-6-11)26-4-2/h5-9H,3-4,10H2,1-2H3,(H,21,25). The van der Waals surface area contributed by atoms with E-state index in [4.69, 9.17) is 4.74 Å². The van der Waals surface area contributed by atoms with Gasteiger partial charge in [0.1, 0.15) is 5.75 Å². The largest absolute Gasteiger partial charge is 0.494 e. The highest BCUT2D eigenvalue weighted by atomic mass is 79.9. The number of hydrogen-bond donors (Lipinski definition) is 1. The number of thioether (sulfide) groups is 1. The molecule has 0 spiro atoms. The van der Waals surface area contributed by atoms with Gasteiger partial charge >= 0.3 is 0 Å². The van der Waals surface area contributed by atoms with E-state index in [9.17, 15) is 4.79 Å². The van der Waals surface area contributed by atoms with Crippen LogP contribution in [-0.4, -0.2) is 33.0 Å². The van der Waals surface area contributed by atoms with E-state index in [1.807, 2.05) is 48.7 Å². The molecule has 28 heavy (non-hydrogen) atoms. The summed E-state index contributed by atoms with van der Waals surface area (Å²) in [5.74, 6) is 1.74. The van der Waals surface area contributed by atoms with Crippen LogP contribution in [0.3, 0.4) is 0 Å². The zero-order valence-corrected chi connectivity index (χ0v) is 20.0. The van der Waals surface area contributed by atoms with Gasteiger partial charge in [0.05, 0.1) is 21.0 Å². The van der Waals surface area contributed by atoms with Crippen molar-refractivity contribution in [3.63, 3.8) is 0 Å². The molecule has 1 N–H and O–H groups in total. The predicted octanol–water partition coefficient (Wildman–Crippen LogP) is 5.68. The van der Waals surface area contributed by atoms with Gasteiger partial charge in [-0.05, 0) is 76.0 Å². The SMILES string of the molecule is CCOc1ccc(NC(=O)CSc2nnc(-c3cc(Br)c(Br)s3)n2CC)cc1. The first-order chi connectivity index (χ1) is 13.5. The number of carbonyl (C=O) groups is 1. The summed E-state index contributed by atoms with van der Waals surface area (Å²) in [6.45, 7) is 5.30. The Morgan fingerprint density at radius 1 is 1.25 bits per heavy atom. The molecule has 0 atom stereocenters. The number of nitrogens with one attached hydrogen (secondary N) is 1. The van der Waals surface area contributed by atoms with Crippen LogP contribution in [0.4, 0.5) is 5.69 Å². The number of nitrogens with zero attached hydrogens (tertiary/aromatic N) is 3. The molecule has 3 rings (SSSR count). The number of ether oxygens (including phenoxy) is 1. The molecule has 0 aliphatic rings. The Morgan fingerprint density at radius 2 is 2.00 bits per heavy atom. The van der Waals surface area contributed by atoms with Gasteiger partial charge in [-0.3, -0.25) is 4.79 Å². The molecule has 0 radical (unpaired) electrons. The minimum absolute atomic E-state index is 0.0945. The molecule has 3 aromatic rings. The maximum Gasteiger partial charge on any atom is 0.234 e. The summed E-state index contributed by atoms with van der Waals surface area (Å²) in [6.07, 6.45) is 0. The predicted molar refractivity (Wildman–Crippen MR) is 121 cm³/mol. The first-order valence-electron chi connectivity index (χ1n) is 8.55. The fourth-order valence-electron chi connectivity index (χ4n) is 2.45. The highest BCUT2D eigenvalue weighted by molar-refractivity contribution is 9.13. The van der Waals surface area contributed by atoms with Gasteiger partial charge in [-0.15, -0.1) is 21.5 Å². The molecule has 0 aliphatic heterocycles. The molecule has 2 heterocycles. The third-order valence-corrected chi connectivity index (χ3v) is 7.90. The lowest BCUT2D eigenvalue weighted by Crippen LogP contribution is -2.14. The second-order valence-corrected chi connectivity index (χ2v) is 9.74. The van der Waals surface area contributed by atoms with Crippen molar-refractivity contribution < 1.29 is 9.53 Å². The number of carbonyl (C=O) groups excluding carboxylic acids is 1. The number of aromatic nitrogens is 3. The van der Waals surface area contributed by atoms with Gasteiger partial charge in [-0.1, -0.05) is 11.8 Å². The lowest BCUT2D eigenvalue weighted by Gasteiger charge is -2.08. The molecule has 0 saturated heterocycles. The van der Waals surface area contributed by atoms with Crippen molar-refractivity contribution in [2.45, 2.75) is 25.5 Å². The Labute approximate surface area is 188 Å². The highest BCUT2D eigenvalue weighted by Crippen LogP contribution is 2.38. The van der Waals surface area contributed by atoms with Gasteiger partial charge in [0.15, 0.2) is 11.0 Å². The molecule has 1 aromatic carbocycles. The van der Waals surface area contributed by atoms with Crippen LogP contribution in [0.25, 0.3) is 10.7 Å². The van der Waals surface area contributed by atoms with E-state index >= 15 is 0 Å². The quantitative estimate of drug-likeness (QED) is 0.369. The maximum atomic E-state index is 12.3. The Morgan fingerprint density at radius 3 is 2.61 bits per heavy atom. The second-order valence-electron chi connectivity index (χ2n) is 5.58. The van der Waals surface area contributed by atoms with Gasteiger partial charge < -0.3 is 14.6 Å². The number of anilines is 1. The summed E-state index contributed by atoms with van der Waals surface area (Å²) in [6, 6.07) is 9.34. The summed E-state index contributed by atoms with van der Waals surface area (Å²) in [7, 11) is 0. The van der Waals surface area contributed by atoms with E-state index in [0.717, 1.165) is 42.1 Å². The van der Waals surface area contributed by atoms with Crippen LogP contribution in [0, 0.1) is 0 Å². The minimum atomic E-state index is -0.0945. The highest BCUT2D eigenvalue weighted by Gasteiger charge is 2.17. The monoisotopic (exact) mass is 544 g/mol. The number of halogens is 2. The summed E-state index contributed by atoms with van der Waals surface area (Å²) >= 11 is 9.97. The molecule has 148 valence electrons. The van der Waals surface area contributed by atoms with Crippen molar-refractivity contribution in [1.82, 2.24) is 14.8 Å². The number of benzene rings is 1. The van der Waals surface area contributed by atoms with Crippen molar-refractivity contribution in [2.24, 2.45) is 0 Å². The van der Waals surface area contributed by atoms with E-state index in [0.29, 0.717) is 6.61 Å². The van der Waals surface area contributed by atoms with Crippen molar-refractivity contribution in [1.29, 1.82) is 0 Å². The molecule has 10 heteroatoms. The first kappa shape index (κ1) is 21.4. The lowest BCUT2D eigenvalue weighted by molar-refractivity contribution is -0.113. The fourth-order valence-corrected chi connectivity index (χ4v) is 5.28. The van der Waals surface area contributed by atoms with Crippen LogP contribution in [0.1, 0.15) is 13.8 Å². The van der Waals surface area contributed by atoms with Crippen molar-refractivity contribution in [2.75, 3.05) is 17.7 Å². The van der Waals surface area contributed by atoms with Crippen LogP contribution in [-0.2, 0) is 11.3 Å². The van der Waals surface area contributed by atoms with Gasteiger partial charge in [-0.25, -0.2) is 0 Å². The van der Waals surface area contributed by atoms with Crippen LogP contribution < -0.4 is 10.1 Å². The topological polar surface area (TPSA) is 69.0 Å². The van der Waals surface area contributed by atoms with E-state index in [-0.39, 0.29) is 11.7 Å². The zero-order chi connectivity index (χ0) is 20.1. The molecule has 0 bridgehead atoms. The van der Waals surface area contributed by atoms with Crippen molar-refractivity contribution >= 4 is 66.6 Å².